The van der Waals surface area contributed by atoms with Crippen LogP contribution in [0.5, 0.6) is 0 Å². The fourth-order valence-corrected chi connectivity index (χ4v) is 3.09. The van der Waals surface area contributed by atoms with Gasteiger partial charge in [0.15, 0.2) is 0 Å². The van der Waals surface area contributed by atoms with Crippen LogP contribution in [0.2, 0.25) is 5.02 Å². The molecule has 1 amide bonds. The van der Waals surface area contributed by atoms with Crippen LogP contribution < -0.4 is 0 Å². The Hall–Kier alpha value is -1.84. The van der Waals surface area contributed by atoms with Gasteiger partial charge in [-0.3, -0.25) is 9.69 Å². The van der Waals surface area contributed by atoms with Crippen LogP contribution >= 0.6 is 11.6 Å². The van der Waals surface area contributed by atoms with Gasteiger partial charge in [0.05, 0.1) is 6.04 Å². The highest BCUT2D eigenvalue weighted by atomic mass is 35.5. The second-order valence-corrected chi connectivity index (χ2v) is 6.11. The Labute approximate surface area is 136 Å². The maximum atomic E-state index is 12.7. The normalized spacial score (nSPS) is 19.2. The molecule has 1 atom stereocenters. The maximum Gasteiger partial charge on any atom is 0.254 e. The zero-order valence-corrected chi connectivity index (χ0v) is 13.3. The number of hydrogen-bond acceptors (Lipinski definition) is 2. The lowest BCUT2D eigenvalue weighted by molar-refractivity contribution is 0.0546. The number of piperazine rings is 1. The molecule has 0 aliphatic carbocycles. The van der Waals surface area contributed by atoms with Crippen molar-refractivity contribution >= 4 is 17.5 Å². The average molecular weight is 315 g/mol. The highest BCUT2D eigenvalue weighted by Gasteiger charge is 2.28. The van der Waals surface area contributed by atoms with Crippen LogP contribution in [0.3, 0.4) is 0 Å². The predicted molar refractivity (Wildman–Crippen MR) is 89.2 cm³/mol. The van der Waals surface area contributed by atoms with E-state index in [1.54, 1.807) is 12.1 Å². The zero-order valence-electron chi connectivity index (χ0n) is 12.6. The van der Waals surface area contributed by atoms with Crippen molar-refractivity contribution in [2.24, 2.45) is 0 Å². The van der Waals surface area contributed by atoms with Crippen molar-refractivity contribution in [1.82, 2.24) is 9.80 Å². The van der Waals surface area contributed by atoms with E-state index in [0.29, 0.717) is 17.1 Å². The van der Waals surface area contributed by atoms with Gasteiger partial charge in [0.1, 0.15) is 0 Å². The van der Waals surface area contributed by atoms with Gasteiger partial charge in [-0.1, -0.05) is 48.0 Å². The van der Waals surface area contributed by atoms with Crippen LogP contribution in [0.15, 0.2) is 54.6 Å². The maximum absolute atomic E-state index is 12.7. The van der Waals surface area contributed by atoms with Crippen LogP contribution in [0.4, 0.5) is 0 Å². The van der Waals surface area contributed by atoms with Crippen LogP contribution in [0.1, 0.15) is 22.0 Å². The summed E-state index contributed by atoms with van der Waals surface area (Å²) in [6.07, 6.45) is 0. The zero-order chi connectivity index (χ0) is 15.5. The van der Waals surface area contributed by atoms with E-state index >= 15 is 0 Å². The van der Waals surface area contributed by atoms with Gasteiger partial charge < -0.3 is 4.90 Å². The first-order chi connectivity index (χ1) is 10.6. The van der Waals surface area contributed by atoms with Gasteiger partial charge in [-0.25, -0.2) is 0 Å². The first-order valence-electron chi connectivity index (χ1n) is 7.45. The summed E-state index contributed by atoms with van der Waals surface area (Å²) in [6, 6.07) is 17.7. The predicted octanol–water partition coefficient (Wildman–Crippen LogP) is 3.47. The minimum absolute atomic E-state index is 0.0523. The molecule has 1 fully saturated rings. The number of likely N-dealkylation sites (N-methyl/N-ethyl adjacent to an activating group) is 1. The lowest BCUT2D eigenvalue weighted by Crippen LogP contribution is -2.49. The van der Waals surface area contributed by atoms with Crippen molar-refractivity contribution < 1.29 is 4.79 Å². The Morgan fingerprint density at radius 3 is 2.59 bits per heavy atom. The number of rotatable bonds is 2. The Bertz CT molecular complexity index is 659. The fourth-order valence-electron chi connectivity index (χ4n) is 2.90. The first-order valence-corrected chi connectivity index (χ1v) is 7.83. The number of hydrogen-bond donors (Lipinski definition) is 0. The van der Waals surface area contributed by atoms with E-state index in [1.807, 2.05) is 35.2 Å². The van der Waals surface area contributed by atoms with E-state index in [-0.39, 0.29) is 11.9 Å². The molecule has 3 nitrogen and oxygen atoms in total. The molecule has 2 aromatic carbocycles. The van der Waals surface area contributed by atoms with E-state index in [4.69, 9.17) is 11.6 Å². The number of nitrogens with zero attached hydrogens (tertiary/aromatic N) is 2. The number of benzene rings is 2. The quantitative estimate of drug-likeness (QED) is 0.847. The highest BCUT2D eigenvalue weighted by Crippen LogP contribution is 2.25. The lowest BCUT2D eigenvalue weighted by atomic mass is 10.0. The van der Waals surface area contributed by atoms with Crippen LogP contribution in [0.25, 0.3) is 0 Å². The molecule has 1 aliphatic heterocycles. The summed E-state index contributed by atoms with van der Waals surface area (Å²) in [5.41, 5.74) is 1.90. The second-order valence-electron chi connectivity index (χ2n) is 5.67. The summed E-state index contributed by atoms with van der Waals surface area (Å²) in [4.78, 5) is 16.9. The molecular formula is C18H19ClN2O. The lowest BCUT2D eigenvalue weighted by Gasteiger charge is -2.39. The molecule has 0 aromatic heterocycles. The molecule has 2 aromatic rings. The molecule has 0 spiro atoms. The highest BCUT2D eigenvalue weighted by molar-refractivity contribution is 6.30. The van der Waals surface area contributed by atoms with Gasteiger partial charge in [0.2, 0.25) is 0 Å². The number of carbonyl (C=O) groups excluding carboxylic acids is 1. The van der Waals surface area contributed by atoms with E-state index < -0.39 is 0 Å². The molecule has 0 bridgehead atoms. The molecule has 1 aliphatic rings. The molecule has 22 heavy (non-hydrogen) atoms. The fraction of sp³-hybridized carbons (Fsp3) is 0.278. The van der Waals surface area contributed by atoms with E-state index in [1.165, 1.54) is 5.56 Å². The van der Waals surface area contributed by atoms with E-state index in [0.717, 1.165) is 13.1 Å². The van der Waals surface area contributed by atoms with Gasteiger partial charge in [-0.15, -0.1) is 0 Å². The Kier molecular flexibility index (Phi) is 4.46. The number of halogens is 1. The van der Waals surface area contributed by atoms with Crippen molar-refractivity contribution in [3.05, 3.63) is 70.7 Å². The van der Waals surface area contributed by atoms with E-state index in [2.05, 4.69) is 24.1 Å². The smallest absolute Gasteiger partial charge is 0.254 e. The summed E-state index contributed by atoms with van der Waals surface area (Å²) < 4.78 is 0. The second kappa shape index (κ2) is 6.51. The van der Waals surface area contributed by atoms with E-state index in [9.17, 15) is 4.79 Å². The third-order valence-electron chi connectivity index (χ3n) is 4.19. The summed E-state index contributed by atoms with van der Waals surface area (Å²) in [7, 11) is 2.11. The van der Waals surface area contributed by atoms with Gasteiger partial charge in [-0.2, -0.15) is 0 Å². The molecule has 0 saturated carbocycles. The summed E-state index contributed by atoms with van der Waals surface area (Å²) in [5, 5.41) is 0.597. The van der Waals surface area contributed by atoms with Crippen LogP contribution in [-0.4, -0.2) is 42.4 Å². The van der Waals surface area contributed by atoms with Crippen molar-refractivity contribution in [2.45, 2.75) is 6.04 Å². The average Bonchev–Trinajstić information content (AvgIpc) is 2.55. The molecular weight excluding hydrogens is 296 g/mol. The molecule has 3 rings (SSSR count). The van der Waals surface area contributed by atoms with Crippen molar-refractivity contribution in [3.63, 3.8) is 0 Å². The summed E-state index contributed by atoms with van der Waals surface area (Å²) in [6.45, 7) is 2.31. The largest absolute Gasteiger partial charge is 0.335 e. The monoisotopic (exact) mass is 314 g/mol. The Morgan fingerprint density at radius 1 is 1.09 bits per heavy atom. The first kappa shape index (κ1) is 15.1. The van der Waals surface area contributed by atoms with Gasteiger partial charge >= 0.3 is 0 Å². The topological polar surface area (TPSA) is 23.6 Å². The molecule has 1 unspecified atom stereocenters. The van der Waals surface area contributed by atoms with Gasteiger partial charge in [0, 0.05) is 30.2 Å². The third kappa shape index (κ3) is 3.16. The molecule has 0 N–H and O–H groups in total. The standard InChI is InChI=1S/C18H19ClN2O/c1-20-10-11-21(13-17(20)14-6-3-2-4-7-14)18(22)15-8-5-9-16(19)12-15/h2-9,12,17H,10-11,13H2,1H3. The molecule has 1 heterocycles. The van der Waals surface area contributed by atoms with Crippen molar-refractivity contribution in [1.29, 1.82) is 0 Å². The minimum Gasteiger partial charge on any atom is -0.335 e. The number of carbonyl (C=O) groups is 1. The SMILES string of the molecule is CN1CCN(C(=O)c2cccc(Cl)c2)CC1c1ccccc1. The summed E-state index contributed by atoms with van der Waals surface area (Å²) in [5.74, 6) is 0.0523. The van der Waals surface area contributed by atoms with Gasteiger partial charge in [0.25, 0.3) is 5.91 Å². The minimum atomic E-state index is 0.0523. The number of amides is 1. The Balaban J connectivity index is 1.80. The van der Waals surface area contributed by atoms with Crippen molar-refractivity contribution in [2.75, 3.05) is 26.7 Å². The molecule has 4 heteroatoms. The summed E-state index contributed by atoms with van der Waals surface area (Å²) >= 11 is 6.00. The molecule has 0 radical (unpaired) electrons. The third-order valence-corrected chi connectivity index (χ3v) is 4.43. The van der Waals surface area contributed by atoms with Crippen molar-refractivity contribution in [3.8, 4) is 0 Å². The van der Waals surface area contributed by atoms with Crippen LogP contribution in [0, 0.1) is 0 Å². The molecule has 114 valence electrons. The molecule has 1 saturated heterocycles. The Morgan fingerprint density at radius 2 is 1.86 bits per heavy atom. The van der Waals surface area contributed by atoms with Gasteiger partial charge in [-0.05, 0) is 30.8 Å². The van der Waals surface area contributed by atoms with Crippen LogP contribution in [-0.2, 0) is 0 Å².